The zero-order valence-corrected chi connectivity index (χ0v) is 13.2. The van der Waals surface area contributed by atoms with Gasteiger partial charge in [-0.05, 0) is 44.2 Å². The number of nitrogens with zero attached hydrogens (tertiary/aromatic N) is 1. The minimum atomic E-state index is -3.56. The highest BCUT2D eigenvalue weighted by atomic mass is 32.2. The number of hydrogen-bond donors (Lipinski definition) is 3. The fourth-order valence-electron chi connectivity index (χ4n) is 2.06. The summed E-state index contributed by atoms with van der Waals surface area (Å²) in [7, 11) is -1.73. The molecule has 0 bridgehead atoms. The van der Waals surface area contributed by atoms with E-state index in [9.17, 15) is 8.42 Å². The molecule has 0 saturated heterocycles. The number of rotatable bonds is 6. The van der Waals surface area contributed by atoms with Gasteiger partial charge in [0.1, 0.15) is 0 Å². The van der Waals surface area contributed by atoms with E-state index in [-0.39, 0.29) is 10.9 Å². The molecule has 2 rings (SSSR count). The first kappa shape index (κ1) is 15.7. The van der Waals surface area contributed by atoms with Gasteiger partial charge in [-0.3, -0.25) is 5.10 Å². The third-order valence-electron chi connectivity index (χ3n) is 3.35. The minimum absolute atomic E-state index is 0.272. The molecule has 0 spiro atoms. The Morgan fingerprint density at radius 1 is 1.38 bits per heavy atom. The van der Waals surface area contributed by atoms with E-state index < -0.39 is 10.0 Å². The Hall–Kier alpha value is -1.70. The highest BCUT2D eigenvalue weighted by Crippen LogP contribution is 2.19. The van der Waals surface area contributed by atoms with Crippen LogP contribution in [0.15, 0.2) is 35.5 Å². The summed E-state index contributed by atoms with van der Waals surface area (Å²) in [5, 5.41) is 9.54. The van der Waals surface area contributed by atoms with Crippen LogP contribution in [0.1, 0.15) is 29.7 Å². The van der Waals surface area contributed by atoms with Crippen molar-refractivity contribution in [1.82, 2.24) is 20.2 Å². The quantitative estimate of drug-likeness (QED) is 0.754. The van der Waals surface area contributed by atoms with Crippen LogP contribution in [0, 0.1) is 6.92 Å². The molecule has 0 saturated carbocycles. The van der Waals surface area contributed by atoms with E-state index in [4.69, 9.17) is 0 Å². The van der Waals surface area contributed by atoms with Gasteiger partial charge in [0.05, 0.1) is 11.1 Å². The van der Waals surface area contributed by atoms with Gasteiger partial charge in [-0.25, -0.2) is 13.1 Å². The van der Waals surface area contributed by atoms with Crippen LogP contribution in [0.25, 0.3) is 0 Å². The van der Waals surface area contributed by atoms with Crippen molar-refractivity contribution in [3.8, 4) is 0 Å². The summed E-state index contributed by atoms with van der Waals surface area (Å²) in [6.45, 7) is 4.38. The maximum atomic E-state index is 12.4. The van der Waals surface area contributed by atoms with E-state index >= 15 is 0 Å². The lowest BCUT2D eigenvalue weighted by atomic mass is 10.1. The Balaban J connectivity index is 2.25. The Morgan fingerprint density at radius 2 is 2.14 bits per heavy atom. The maximum absolute atomic E-state index is 12.4. The number of hydrogen-bond acceptors (Lipinski definition) is 4. The first-order valence-electron chi connectivity index (χ1n) is 6.69. The predicted molar refractivity (Wildman–Crippen MR) is 81.3 cm³/mol. The number of benzene rings is 1. The molecule has 1 atom stereocenters. The molecule has 0 fully saturated rings. The van der Waals surface area contributed by atoms with Gasteiger partial charge in [-0.2, -0.15) is 5.10 Å². The van der Waals surface area contributed by atoms with Gasteiger partial charge in [0, 0.05) is 24.3 Å². The zero-order chi connectivity index (χ0) is 15.5. The average molecular weight is 308 g/mol. The van der Waals surface area contributed by atoms with Gasteiger partial charge in [0.25, 0.3) is 0 Å². The lowest BCUT2D eigenvalue weighted by molar-refractivity contribution is 0.566. The van der Waals surface area contributed by atoms with Crippen LogP contribution in [-0.2, 0) is 16.6 Å². The first-order chi connectivity index (χ1) is 9.94. The number of H-pyrrole nitrogens is 1. The molecule has 6 nitrogen and oxygen atoms in total. The lowest BCUT2D eigenvalue weighted by Gasteiger charge is -2.14. The molecule has 0 radical (unpaired) electrons. The van der Waals surface area contributed by atoms with E-state index in [2.05, 4.69) is 20.2 Å². The number of aryl methyl sites for hydroxylation is 1. The number of sulfonamides is 1. The molecule has 0 amide bonds. The van der Waals surface area contributed by atoms with Gasteiger partial charge in [-0.15, -0.1) is 0 Å². The molecule has 0 aliphatic carbocycles. The summed E-state index contributed by atoms with van der Waals surface area (Å²) < 4.78 is 27.5. The number of nitrogens with one attached hydrogen (secondary N) is 3. The second-order valence-electron chi connectivity index (χ2n) is 4.99. The van der Waals surface area contributed by atoms with Crippen molar-refractivity contribution >= 4 is 10.0 Å². The number of aromatic amines is 1. The monoisotopic (exact) mass is 308 g/mol. The van der Waals surface area contributed by atoms with Crippen LogP contribution >= 0.6 is 0 Å². The molecule has 0 aliphatic rings. The summed E-state index contributed by atoms with van der Waals surface area (Å²) in [5.74, 6) is 0. The van der Waals surface area contributed by atoms with Crippen LogP contribution in [0.5, 0.6) is 0 Å². The molecule has 0 aliphatic heterocycles. The average Bonchev–Trinajstić information content (AvgIpc) is 2.95. The van der Waals surface area contributed by atoms with Crippen LogP contribution in [-0.4, -0.2) is 25.7 Å². The third kappa shape index (κ3) is 3.69. The summed E-state index contributed by atoms with van der Waals surface area (Å²) >= 11 is 0. The first-order valence-corrected chi connectivity index (χ1v) is 8.17. The van der Waals surface area contributed by atoms with E-state index in [1.54, 1.807) is 31.5 Å². The van der Waals surface area contributed by atoms with E-state index in [0.717, 1.165) is 16.7 Å². The molecule has 1 unspecified atom stereocenters. The maximum Gasteiger partial charge on any atom is 0.241 e. The van der Waals surface area contributed by atoms with Crippen LogP contribution in [0.4, 0.5) is 0 Å². The van der Waals surface area contributed by atoms with Crippen LogP contribution < -0.4 is 10.0 Å². The van der Waals surface area contributed by atoms with Crippen molar-refractivity contribution in [3.05, 3.63) is 47.3 Å². The smallest absolute Gasteiger partial charge is 0.241 e. The molecule has 1 aromatic heterocycles. The van der Waals surface area contributed by atoms with E-state index in [1.807, 2.05) is 20.0 Å². The van der Waals surface area contributed by atoms with Gasteiger partial charge in [0.15, 0.2) is 0 Å². The Labute approximate surface area is 125 Å². The fourth-order valence-corrected chi connectivity index (χ4v) is 3.34. The van der Waals surface area contributed by atoms with Crippen molar-refractivity contribution in [3.63, 3.8) is 0 Å². The Morgan fingerprint density at radius 3 is 2.76 bits per heavy atom. The van der Waals surface area contributed by atoms with Crippen molar-refractivity contribution < 1.29 is 8.42 Å². The van der Waals surface area contributed by atoms with E-state index in [1.165, 1.54) is 0 Å². The molecule has 1 heterocycles. The highest BCUT2D eigenvalue weighted by Gasteiger charge is 2.19. The normalized spacial score (nSPS) is 13.3. The SMILES string of the molecule is CNCc1cc(S(=O)(=O)NC(C)c2cn[nH]c2)ccc1C. The second-order valence-corrected chi connectivity index (χ2v) is 6.71. The van der Waals surface area contributed by atoms with Crippen molar-refractivity contribution in [1.29, 1.82) is 0 Å². The molecular weight excluding hydrogens is 288 g/mol. The Kier molecular flexibility index (Phi) is 4.76. The second kappa shape index (κ2) is 6.38. The fraction of sp³-hybridized carbons (Fsp3) is 0.357. The highest BCUT2D eigenvalue weighted by molar-refractivity contribution is 7.89. The molecule has 114 valence electrons. The van der Waals surface area contributed by atoms with Crippen molar-refractivity contribution in [2.75, 3.05) is 7.05 Å². The molecule has 2 aromatic rings. The van der Waals surface area contributed by atoms with Gasteiger partial charge < -0.3 is 5.32 Å². The molecule has 21 heavy (non-hydrogen) atoms. The molecular formula is C14H20N4O2S. The van der Waals surface area contributed by atoms with Gasteiger partial charge >= 0.3 is 0 Å². The standard InChI is InChI=1S/C14H20N4O2S/c1-10-4-5-14(6-12(10)7-15-3)21(19,20)18-11(2)13-8-16-17-9-13/h4-6,8-9,11,15,18H,7H2,1-3H3,(H,16,17). The summed E-state index contributed by atoms with van der Waals surface area (Å²) in [5.41, 5.74) is 2.82. The predicted octanol–water partition coefficient (Wildman–Crippen LogP) is 1.48. The van der Waals surface area contributed by atoms with Crippen LogP contribution in [0.2, 0.25) is 0 Å². The summed E-state index contributed by atoms with van der Waals surface area (Å²) in [6.07, 6.45) is 3.28. The van der Waals surface area contributed by atoms with E-state index in [0.29, 0.717) is 6.54 Å². The summed E-state index contributed by atoms with van der Waals surface area (Å²) in [6, 6.07) is 4.81. The summed E-state index contributed by atoms with van der Waals surface area (Å²) in [4.78, 5) is 0.272. The largest absolute Gasteiger partial charge is 0.316 e. The third-order valence-corrected chi connectivity index (χ3v) is 4.89. The minimum Gasteiger partial charge on any atom is -0.316 e. The number of aromatic nitrogens is 2. The molecule has 7 heteroatoms. The lowest BCUT2D eigenvalue weighted by Crippen LogP contribution is -2.27. The molecule has 3 N–H and O–H groups in total. The van der Waals surface area contributed by atoms with Crippen LogP contribution in [0.3, 0.4) is 0 Å². The molecule has 1 aromatic carbocycles. The Bertz CT molecular complexity index is 696. The topological polar surface area (TPSA) is 86.9 Å². The zero-order valence-electron chi connectivity index (χ0n) is 12.3. The van der Waals surface area contributed by atoms with Crippen molar-refractivity contribution in [2.24, 2.45) is 0 Å². The van der Waals surface area contributed by atoms with Gasteiger partial charge in [-0.1, -0.05) is 6.07 Å². The van der Waals surface area contributed by atoms with Crippen molar-refractivity contribution in [2.45, 2.75) is 31.3 Å². The van der Waals surface area contributed by atoms with Gasteiger partial charge in [0.2, 0.25) is 10.0 Å².